The Labute approximate surface area is 113 Å². The van der Waals surface area contributed by atoms with Gasteiger partial charge in [0.25, 0.3) is 0 Å². The molecule has 19 heavy (non-hydrogen) atoms. The Kier molecular flexibility index (Phi) is 4.34. The number of hydrogen-bond donors (Lipinski definition) is 0. The highest BCUT2D eigenvalue weighted by molar-refractivity contribution is 5.56. The molecule has 0 atom stereocenters. The summed E-state index contributed by atoms with van der Waals surface area (Å²) in [7, 11) is 0. The van der Waals surface area contributed by atoms with Crippen LogP contribution in [-0.4, -0.2) is 22.7 Å². The van der Waals surface area contributed by atoms with Crippen molar-refractivity contribution in [3.8, 4) is 23.0 Å². The van der Waals surface area contributed by atoms with Gasteiger partial charge < -0.3 is 9.47 Å². The smallest absolute Gasteiger partial charge is 0.216 e. The summed E-state index contributed by atoms with van der Waals surface area (Å²) in [5.74, 6) is 2.09. The average molecular weight is 258 g/mol. The molecule has 0 saturated heterocycles. The van der Waals surface area contributed by atoms with Crippen molar-refractivity contribution in [1.29, 1.82) is 0 Å². The second-order valence-electron chi connectivity index (χ2n) is 4.34. The summed E-state index contributed by atoms with van der Waals surface area (Å²) >= 11 is 0. The first-order valence-electron chi connectivity index (χ1n) is 6.42. The minimum Gasteiger partial charge on any atom is -0.491 e. The maximum absolute atomic E-state index is 5.60. The number of hydrogen-bond acceptors (Lipinski definition) is 4. The van der Waals surface area contributed by atoms with Crippen LogP contribution in [0.5, 0.6) is 11.6 Å². The molecule has 0 fully saturated rings. The van der Waals surface area contributed by atoms with Crippen molar-refractivity contribution in [3.63, 3.8) is 0 Å². The molecule has 0 bridgehead atoms. The van der Waals surface area contributed by atoms with E-state index in [0.717, 1.165) is 11.3 Å². The summed E-state index contributed by atoms with van der Waals surface area (Å²) in [6.45, 7) is 6.53. The Hall–Kier alpha value is -2.10. The lowest BCUT2D eigenvalue weighted by molar-refractivity contribution is 0.242. The molecule has 100 valence electrons. The molecular formula is C15H18N2O2. The van der Waals surface area contributed by atoms with Gasteiger partial charge >= 0.3 is 0 Å². The molecule has 4 heteroatoms. The number of benzene rings is 1. The summed E-state index contributed by atoms with van der Waals surface area (Å²) in [6, 6.07) is 9.49. The van der Waals surface area contributed by atoms with Crippen LogP contribution >= 0.6 is 0 Å². The maximum Gasteiger partial charge on any atom is 0.216 e. The van der Waals surface area contributed by atoms with Gasteiger partial charge in [0.15, 0.2) is 5.82 Å². The molecule has 1 aromatic carbocycles. The summed E-state index contributed by atoms with van der Waals surface area (Å²) < 4.78 is 11.0. The van der Waals surface area contributed by atoms with Crippen LogP contribution in [0.1, 0.15) is 20.8 Å². The topological polar surface area (TPSA) is 44.2 Å². The van der Waals surface area contributed by atoms with Crippen molar-refractivity contribution in [2.24, 2.45) is 0 Å². The Balaban J connectivity index is 2.19. The van der Waals surface area contributed by atoms with Crippen molar-refractivity contribution in [1.82, 2.24) is 9.97 Å². The zero-order valence-corrected chi connectivity index (χ0v) is 11.5. The van der Waals surface area contributed by atoms with E-state index in [1.807, 2.05) is 45.0 Å². The molecule has 0 amide bonds. The first kappa shape index (κ1) is 13.3. The van der Waals surface area contributed by atoms with Gasteiger partial charge in [0.2, 0.25) is 5.88 Å². The van der Waals surface area contributed by atoms with Gasteiger partial charge in [0.05, 0.1) is 12.7 Å². The second kappa shape index (κ2) is 6.18. The quantitative estimate of drug-likeness (QED) is 0.825. The van der Waals surface area contributed by atoms with Gasteiger partial charge in [-0.15, -0.1) is 0 Å². The van der Waals surface area contributed by atoms with Crippen LogP contribution in [0.2, 0.25) is 0 Å². The Morgan fingerprint density at radius 2 is 1.84 bits per heavy atom. The second-order valence-corrected chi connectivity index (χ2v) is 4.34. The molecule has 2 aromatic rings. The first-order valence-corrected chi connectivity index (χ1v) is 6.42. The van der Waals surface area contributed by atoms with Crippen molar-refractivity contribution >= 4 is 0 Å². The van der Waals surface area contributed by atoms with Gasteiger partial charge in [0.1, 0.15) is 5.75 Å². The zero-order valence-electron chi connectivity index (χ0n) is 11.5. The lowest BCUT2D eigenvalue weighted by atomic mass is 10.2. The summed E-state index contributed by atoms with van der Waals surface area (Å²) in [4.78, 5) is 8.60. The summed E-state index contributed by atoms with van der Waals surface area (Å²) in [6.07, 6.45) is 1.87. The Morgan fingerprint density at radius 3 is 2.47 bits per heavy atom. The maximum atomic E-state index is 5.60. The predicted molar refractivity (Wildman–Crippen MR) is 74.4 cm³/mol. The molecular weight excluding hydrogens is 240 g/mol. The Bertz CT molecular complexity index is 524. The van der Waals surface area contributed by atoms with Crippen LogP contribution in [0.4, 0.5) is 0 Å². The molecule has 0 spiro atoms. The molecule has 0 saturated carbocycles. The molecule has 4 nitrogen and oxygen atoms in total. The molecule has 0 aliphatic heterocycles. The Morgan fingerprint density at radius 1 is 1.11 bits per heavy atom. The van der Waals surface area contributed by atoms with E-state index in [9.17, 15) is 0 Å². The lowest BCUT2D eigenvalue weighted by Gasteiger charge is -2.10. The van der Waals surface area contributed by atoms with E-state index in [0.29, 0.717) is 18.3 Å². The van der Waals surface area contributed by atoms with Gasteiger partial charge in [-0.3, -0.25) is 0 Å². The van der Waals surface area contributed by atoms with E-state index in [-0.39, 0.29) is 6.10 Å². The van der Waals surface area contributed by atoms with E-state index in [4.69, 9.17) is 9.47 Å². The summed E-state index contributed by atoms with van der Waals surface area (Å²) in [5.41, 5.74) is 0.942. The standard InChI is InChI=1S/C15H18N2O2/c1-4-18-14-9-10-16-15(17-14)12-5-7-13(8-6-12)19-11(2)3/h5-11H,4H2,1-3H3. The van der Waals surface area contributed by atoms with Gasteiger partial charge in [-0.1, -0.05) is 0 Å². The SMILES string of the molecule is CCOc1ccnc(-c2ccc(OC(C)C)cc2)n1. The average Bonchev–Trinajstić information content (AvgIpc) is 2.40. The van der Waals surface area contributed by atoms with Crippen LogP contribution < -0.4 is 9.47 Å². The van der Waals surface area contributed by atoms with Crippen molar-refractivity contribution < 1.29 is 9.47 Å². The molecule has 2 rings (SSSR count). The van der Waals surface area contributed by atoms with Crippen LogP contribution in [0.15, 0.2) is 36.5 Å². The fourth-order valence-corrected chi connectivity index (χ4v) is 1.66. The molecule has 0 N–H and O–H groups in total. The molecule has 1 aromatic heterocycles. The summed E-state index contributed by atoms with van der Waals surface area (Å²) in [5, 5.41) is 0. The molecule has 0 radical (unpaired) electrons. The van der Waals surface area contributed by atoms with E-state index < -0.39 is 0 Å². The highest BCUT2D eigenvalue weighted by atomic mass is 16.5. The minimum atomic E-state index is 0.170. The third-order valence-corrected chi connectivity index (χ3v) is 2.41. The number of ether oxygens (including phenoxy) is 2. The first-order chi connectivity index (χ1) is 9.19. The van der Waals surface area contributed by atoms with Crippen molar-refractivity contribution in [2.75, 3.05) is 6.61 Å². The van der Waals surface area contributed by atoms with Crippen molar-refractivity contribution in [2.45, 2.75) is 26.9 Å². The van der Waals surface area contributed by atoms with Gasteiger partial charge in [-0.2, -0.15) is 4.98 Å². The highest BCUT2D eigenvalue weighted by Crippen LogP contribution is 2.21. The van der Waals surface area contributed by atoms with Crippen molar-refractivity contribution in [3.05, 3.63) is 36.5 Å². The van der Waals surface area contributed by atoms with E-state index >= 15 is 0 Å². The van der Waals surface area contributed by atoms with Gasteiger partial charge in [-0.05, 0) is 45.0 Å². The highest BCUT2D eigenvalue weighted by Gasteiger charge is 2.04. The van der Waals surface area contributed by atoms with E-state index in [1.54, 1.807) is 12.3 Å². The van der Waals surface area contributed by atoms with Gasteiger partial charge in [0, 0.05) is 17.8 Å². The number of nitrogens with zero attached hydrogens (tertiary/aromatic N) is 2. The fourth-order valence-electron chi connectivity index (χ4n) is 1.66. The molecule has 0 aliphatic carbocycles. The minimum absolute atomic E-state index is 0.170. The lowest BCUT2D eigenvalue weighted by Crippen LogP contribution is -2.05. The largest absolute Gasteiger partial charge is 0.491 e. The molecule has 0 aliphatic rings. The monoisotopic (exact) mass is 258 g/mol. The molecule has 1 heterocycles. The van der Waals surface area contributed by atoms with E-state index in [2.05, 4.69) is 9.97 Å². The third kappa shape index (κ3) is 3.68. The fraction of sp³-hybridized carbons (Fsp3) is 0.333. The normalized spacial score (nSPS) is 10.5. The predicted octanol–water partition coefficient (Wildman–Crippen LogP) is 3.33. The van der Waals surface area contributed by atoms with Crippen LogP contribution in [0.25, 0.3) is 11.4 Å². The number of aromatic nitrogens is 2. The number of rotatable bonds is 5. The van der Waals surface area contributed by atoms with Crippen LogP contribution in [-0.2, 0) is 0 Å². The third-order valence-electron chi connectivity index (χ3n) is 2.41. The van der Waals surface area contributed by atoms with E-state index in [1.165, 1.54) is 0 Å². The van der Waals surface area contributed by atoms with Gasteiger partial charge in [-0.25, -0.2) is 4.98 Å². The van der Waals surface area contributed by atoms with Crippen LogP contribution in [0, 0.1) is 0 Å². The molecule has 0 unspecified atom stereocenters. The van der Waals surface area contributed by atoms with Crippen LogP contribution in [0.3, 0.4) is 0 Å². The zero-order chi connectivity index (χ0) is 13.7.